The zero-order valence-electron chi connectivity index (χ0n) is 23.9. The largest absolute Gasteiger partial charge is 0.354 e. The molecule has 9 heteroatoms. The minimum absolute atomic E-state index is 0.0103. The molecule has 0 aliphatic carbocycles. The van der Waals surface area contributed by atoms with Crippen LogP contribution in [-0.4, -0.2) is 44.3 Å². The molecule has 0 saturated heterocycles. The van der Waals surface area contributed by atoms with Crippen molar-refractivity contribution >= 4 is 39.1 Å². The highest BCUT2D eigenvalue weighted by Gasteiger charge is 2.33. The lowest BCUT2D eigenvalue weighted by Gasteiger charge is -2.32. The van der Waals surface area contributed by atoms with Crippen molar-refractivity contribution in [1.29, 1.82) is 0 Å². The Morgan fingerprint density at radius 2 is 1.52 bits per heavy atom. The molecule has 0 spiro atoms. The molecule has 0 heterocycles. The van der Waals surface area contributed by atoms with Crippen LogP contribution in [0.5, 0.6) is 0 Å². The Kier molecular flexibility index (Phi) is 10.4. The van der Waals surface area contributed by atoms with E-state index in [1.54, 1.807) is 19.1 Å². The molecule has 0 radical (unpaired) electrons. The van der Waals surface area contributed by atoms with Gasteiger partial charge in [0.15, 0.2) is 0 Å². The zero-order valence-corrected chi connectivity index (χ0v) is 25.5. The van der Waals surface area contributed by atoms with Crippen molar-refractivity contribution in [2.75, 3.05) is 17.4 Å². The third-order valence-electron chi connectivity index (χ3n) is 6.91. The number of hydrogen-bond acceptors (Lipinski definition) is 4. The number of anilines is 1. The summed E-state index contributed by atoms with van der Waals surface area (Å²) in [7, 11) is -4.15. The maximum absolute atomic E-state index is 14.0. The molecule has 3 rings (SSSR count). The molecule has 0 aliphatic rings. The standard InChI is InChI=1S/C31H38ClN3O4S/c1-21(2)18-33-31(37)25(6)34(19-26-10-8-7-9-23(26)4)30(36)20-35(28-14-11-22(3)24(5)17-28)40(38,39)29-15-12-27(32)13-16-29/h7-17,21,25H,18-20H2,1-6H3,(H,33,37). The van der Waals surface area contributed by atoms with E-state index in [4.69, 9.17) is 11.6 Å². The highest BCUT2D eigenvalue weighted by Crippen LogP contribution is 2.27. The number of aryl methyl sites for hydroxylation is 3. The molecule has 0 fully saturated rings. The summed E-state index contributed by atoms with van der Waals surface area (Å²) in [5.41, 5.74) is 4.08. The SMILES string of the molecule is Cc1ccc(N(CC(=O)N(Cc2ccccc2C)C(C)C(=O)NCC(C)C)S(=O)(=O)c2ccc(Cl)cc2)cc1C. The van der Waals surface area contributed by atoms with E-state index in [9.17, 15) is 18.0 Å². The lowest BCUT2D eigenvalue weighted by atomic mass is 10.1. The van der Waals surface area contributed by atoms with Crippen molar-refractivity contribution in [3.05, 3.63) is 94.0 Å². The van der Waals surface area contributed by atoms with Crippen LogP contribution in [0, 0.1) is 26.7 Å². The Hall–Kier alpha value is -3.36. The first-order valence-corrected chi connectivity index (χ1v) is 15.1. The first-order chi connectivity index (χ1) is 18.8. The highest BCUT2D eigenvalue weighted by atomic mass is 35.5. The molecule has 3 aromatic rings. The summed E-state index contributed by atoms with van der Waals surface area (Å²) in [5.74, 6) is -0.554. The number of carbonyl (C=O) groups is 2. The van der Waals surface area contributed by atoms with E-state index < -0.39 is 28.5 Å². The van der Waals surface area contributed by atoms with Gasteiger partial charge in [0.2, 0.25) is 11.8 Å². The molecule has 40 heavy (non-hydrogen) atoms. The van der Waals surface area contributed by atoms with Gasteiger partial charge in [-0.05, 0) is 92.3 Å². The predicted molar refractivity (Wildman–Crippen MR) is 161 cm³/mol. The summed E-state index contributed by atoms with van der Waals surface area (Å²) >= 11 is 6.01. The Morgan fingerprint density at radius 1 is 0.875 bits per heavy atom. The van der Waals surface area contributed by atoms with E-state index in [-0.39, 0.29) is 23.3 Å². The molecular formula is C31H38ClN3O4S. The number of amides is 2. The van der Waals surface area contributed by atoms with E-state index in [0.29, 0.717) is 17.3 Å². The quantitative estimate of drug-likeness (QED) is 0.316. The normalized spacial score (nSPS) is 12.2. The summed E-state index contributed by atoms with van der Waals surface area (Å²) in [6, 6.07) is 17.9. The van der Waals surface area contributed by atoms with Gasteiger partial charge in [-0.1, -0.05) is 55.8 Å². The highest BCUT2D eigenvalue weighted by molar-refractivity contribution is 7.92. The number of nitrogens with zero attached hydrogens (tertiary/aromatic N) is 2. The molecule has 0 aromatic heterocycles. The van der Waals surface area contributed by atoms with Crippen LogP contribution >= 0.6 is 11.6 Å². The number of hydrogen-bond donors (Lipinski definition) is 1. The summed E-state index contributed by atoms with van der Waals surface area (Å²) in [6.45, 7) is 11.5. The number of benzene rings is 3. The molecule has 1 unspecified atom stereocenters. The van der Waals surface area contributed by atoms with Crippen molar-refractivity contribution in [1.82, 2.24) is 10.2 Å². The number of carbonyl (C=O) groups excluding carboxylic acids is 2. The first-order valence-electron chi connectivity index (χ1n) is 13.3. The molecule has 2 amide bonds. The Balaban J connectivity index is 2.05. The number of nitrogens with one attached hydrogen (secondary N) is 1. The average Bonchev–Trinajstić information content (AvgIpc) is 2.91. The molecule has 0 aliphatic heterocycles. The van der Waals surface area contributed by atoms with Crippen LogP contribution in [0.25, 0.3) is 0 Å². The van der Waals surface area contributed by atoms with E-state index >= 15 is 0 Å². The van der Waals surface area contributed by atoms with Crippen LogP contribution in [-0.2, 0) is 26.2 Å². The molecule has 0 bridgehead atoms. The van der Waals surface area contributed by atoms with Gasteiger partial charge in [0, 0.05) is 18.1 Å². The van der Waals surface area contributed by atoms with Gasteiger partial charge in [0.1, 0.15) is 12.6 Å². The van der Waals surface area contributed by atoms with E-state index in [1.807, 2.05) is 65.0 Å². The van der Waals surface area contributed by atoms with E-state index in [1.165, 1.54) is 29.2 Å². The van der Waals surface area contributed by atoms with Crippen molar-refractivity contribution in [3.63, 3.8) is 0 Å². The van der Waals surface area contributed by atoms with Gasteiger partial charge in [-0.15, -0.1) is 0 Å². The lowest BCUT2D eigenvalue weighted by Crippen LogP contribution is -2.51. The second-order valence-corrected chi connectivity index (χ2v) is 12.8. The molecule has 1 atom stereocenters. The van der Waals surface area contributed by atoms with Crippen molar-refractivity contribution < 1.29 is 18.0 Å². The third kappa shape index (κ3) is 7.64. The second kappa shape index (κ2) is 13.3. The van der Waals surface area contributed by atoms with Gasteiger partial charge in [0.05, 0.1) is 10.6 Å². The lowest BCUT2D eigenvalue weighted by molar-refractivity contribution is -0.139. The van der Waals surface area contributed by atoms with Gasteiger partial charge >= 0.3 is 0 Å². The maximum atomic E-state index is 14.0. The third-order valence-corrected chi connectivity index (χ3v) is 8.95. The summed E-state index contributed by atoms with van der Waals surface area (Å²) in [6.07, 6.45) is 0. The summed E-state index contributed by atoms with van der Waals surface area (Å²) in [5, 5.41) is 3.30. The molecule has 7 nitrogen and oxygen atoms in total. The maximum Gasteiger partial charge on any atom is 0.264 e. The van der Waals surface area contributed by atoms with E-state index in [2.05, 4.69) is 5.32 Å². The van der Waals surface area contributed by atoms with Gasteiger partial charge < -0.3 is 10.2 Å². The van der Waals surface area contributed by atoms with Crippen LogP contribution in [0.2, 0.25) is 5.02 Å². The minimum Gasteiger partial charge on any atom is -0.354 e. The van der Waals surface area contributed by atoms with Gasteiger partial charge in [-0.3, -0.25) is 13.9 Å². The second-order valence-electron chi connectivity index (χ2n) is 10.5. The molecule has 214 valence electrons. The van der Waals surface area contributed by atoms with Crippen LogP contribution in [0.4, 0.5) is 5.69 Å². The Labute approximate surface area is 243 Å². The summed E-state index contributed by atoms with van der Waals surface area (Å²) < 4.78 is 29.0. The average molecular weight is 584 g/mol. The van der Waals surface area contributed by atoms with Gasteiger partial charge in [0.25, 0.3) is 10.0 Å². The molecule has 1 N–H and O–H groups in total. The number of rotatable bonds is 11. The fourth-order valence-electron chi connectivity index (χ4n) is 4.15. The summed E-state index contributed by atoms with van der Waals surface area (Å²) in [4.78, 5) is 28.6. The number of sulfonamides is 1. The molecule has 3 aromatic carbocycles. The monoisotopic (exact) mass is 583 g/mol. The van der Waals surface area contributed by atoms with Crippen molar-refractivity contribution in [2.24, 2.45) is 5.92 Å². The van der Waals surface area contributed by atoms with Crippen molar-refractivity contribution in [2.45, 2.75) is 59.0 Å². The van der Waals surface area contributed by atoms with Gasteiger partial charge in [-0.2, -0.15) is 0 Å². The topological polar surface area (TPSA) is 86.8 Å². The van der Waals surface area contributed by atoms with Crippen LogP contribution in [0.3, 0.4) is 0 Å². The smallest absolute Gasteiger partial charge is 0.264 e. The van der Waals surface area contributed by atoms with E-state index in [0.717, 1.165) is 26.6 Å². The molecular weight excluding hydrogens is 546 g/mol. The first kappa shape index (κ1) is 31.2. The zero-order chi connectivity index (χ0) is 29.6. The molecule has 0 saturated carbocycles. The van der Waals surface area contributed by atoms with Crippen molar-refractivity contribution in [3.8, 4) is 0 Å². The number of halogens is 1. The Bertz CT molecular complexity index is 1460. The Morgan fingerprint density at radius 3 is 2.12 bits per heavy atom. The van der Waals surface area contributed by atoms with Crippen LogP contribution in [0.1, 0.15) is 43.0 Å². The minimum atomic E-state index is -4.15. The van der Waals surface area contributed by atoms with Crippen LogP contribution < -0.4 is 9.62 Å². The fraction of sp³-hybridized carbons (Fsp3) is 0.355. The fourth-order valence-corrected chi connectivity index (χ4v) is 5.68. The van der Waals surface area contributed by atoms with Crippen LogP contribution in [0.15, 0.2) is 71.6 Å². The van der Waals surface area contributed by atoms with Gasteiger partial charge in [-0.25, -0.2) is 8.42 Å². The predicted octanol–water partition coefficient (Wildman–Crippen LogP) is 5.65.